The molecule has 2 aliphatic heterocycles. The van der Waals surface area contributed by atoms with Gasteiger partial charge in [0.1, 0.15) is 17.9 Å². The Bertz CT molecular complexity index is 1770. The predicted octanol–water partition coefficient (Wildman–Crippen LogP) is 4.38. The quantitative estimate of drug-likeness (QED) is 0.301. The third kappa shape index (κ3) is 5.23. The SMILES string of the molecule is C=CC(=O)N1C[C@H](C)N(c2nc(OC[C@@H]3CCCN3C)nc3c(=O)n(-c4cccc5cccc(Cl)c45)c(C)nc23)[C@@H](C)C1. The standard InChI is InChI=1S/C32H36ClN7O3/c1-6-26(41)38-16-19(2)39(20(3)17-38)30-28-29(35-32(36-30)43-18-23-12-9-15-37(23)5)31(42)40(21(4)34-28)25-14-8-11-22-10-7-13-24(33)27(22)25/h6-8,10-11,13-14,19-20,23H,1,9,12,15-18H2,2-5H3/t19-,20-,23-/m0/s1. The number of fused-ring (bicyclic) bond motifs is 2. The lowest BCUT2D eigenvalue weighted by Gasteiger charge is -2.45. The summed E-state index contributed by atoms with van der Waals surface area (Å²) in [4.78, 5) is 47.5. The third-order valence-corrected chi connectivity index (χ3v) is 8.96. The Morgan fingerprint density at radius 3 is 2.49 bits per heavy atom. The molecule has 0 radical (unpaired) electrons. The van der Waals surface area contributed by atoms with Gasteiger partial charge >= 0.3 is 6.01 Å². The van der Waals surface area contributed by atoms with Crippen LogP contribution in [0, 0.1) is 6.92 Å². The molecule has 2 aromatic carbocycles. The van der Waals surface area contributed by atoms with Gasteiger partial charge in [0, 0.05) is 36.6 Å². The number of aryl methyl sites for hydroxylation is 1. The van der Waals surface area contributed by atoms with Crippen LogP contribution in [0.4, 0.5) is 5.82 Å². The molecule has 6 rings (SSSR count). The van der Waals surface area contributed by atoms with Crippen LogP contribution < -0.4 is 15.2 Å². The number of likely N-dealkylation sites (tertiary alicyclic amines) is 1. The molecule has 1 amide bonds. The Hall–Kier alpha value is -4.02. The van der Waals surface area contributed by atoms with E-state index in [2.05, 4.69) is 28.4 Å². The molecule has 2 aromatic heterocycles. The highest BCUT2D eigenvalue weighted by atomic mass is 35.5. The predicted molar refractivity (Wildman–Crippen MR) is 170 cm³/mol. The van der Waals surface area contributed by atoms with Crippen LogP contribution in [-0.2, 0) is 4.79 Å². The molecule has 0 spiro atoms. The molecule has 4 heterocycles. The van der Waals surface area contributed by atoms with Gasteiger partial charge < -0.3 is 19.4 Å². The minimum absolute atomic E-state index is 0.110. The van der Waals surface area contributed by atoms with E-state index in [4.69, 9.17) is 26.3 Å². The normalized spacial score (nSPS) is 21.1. The summed E-state index contributed by atoms with van der Waals surface area (Å²) in [5.74, 6) is 0.895. The first-order chi connectivity index (χ1) is 20.7. The number of nitrogens with zero attached hydrogens (tertiary/aromatic N) is 7. The maximum Gasteiger partial charge on any atom is 0.319 e. The number of hydrogen-bond acceptors (Lipinski definition) is 8. The van der Waals surface area contributed by atoms with Crippen LogP contribution in [0.5, 0.6) is 6.01 Å². The first-order valence-corrected chi connectivity index (χ1v) is 15.1. The molecule has 0 N–H and O–H groups in total. The van der Waals surface area contributed by atoms with Gasteiger partial charge in [0.15, 0.2) is 11.3 Å². The summed E-state index contributed by atoms with van der Waals surface area (Å²) in [6.45, 7) is 11.9. The van der Waals surface area contributed by atoms with Gasteiger partial charge in [-0.1, -0.05) is 42.4 Å². The van der Waals surface area contributed by atoms with E-state index in [0.29, 0.717) is 47.6 Å². The van der Waals surface area contributed by atoms with Crippen LogP contribution in [-0.4, -0.2) is 86.6 Å². The number of carbonyl (C=O) groups is 1. The number of amides is 1. The Morgan fingerprint density at radius 1 is 1.09 bits per heavy atom. The van der Waals surface area contributed by atoms with E-state index in [-0.39, 0.29) is 41.1 Å². The fraction of sp³-hybridized carbons (Fsp3) is 0.406. The van der Waals surface area contributed by atoms with Crippen LogP contribution in [0.15, 0.2) is 53.8 Å². The van der Waals surface area contributed by atoms with Crippen molar-refractivity contribution < 1.29 is 9.53 Å². The molecule has 11 heteroatoms. The Balaban J connectivity index is 1.52. The van der Waals surface area contributed by atoms with Crippen molar-refractivity contribution in [3.05, 3.63) is 70.3 Å². The highest BCUT2D eigenvalue weighted by Crippen LogP contribution is 2.32. The zero-order valence-corrected chi connectivity index (χ0v) is 25.7. The molecule has 2 fully saturated rings. The zero-order valence-electron chi connectivity index (χ0n) is 25.0. The summed E-state index contributed by atoms with van der Waals surface area (Å²) >= 11 is 6.65. The Labute approximate surface area is 255 Å². The fourth-order valence-corrected chi connectivity index (χ4v) is 6.82. The smallest absolute Gasteiger partial charge is 0.319 e. The molecule has 2 saturated heterocycles. The van der Waals surface area contributed by atoms with E-state index in [1.807, 2.05) is 50.2 Å². The van der Waals surface area contributed by atoms with Gasteiger partial charge in [0.25, 0.3) is 5.56 Å². The van der Waals surface area contributed by atoms with Crippen molar-refractivity contribution in [3.63, 3.8) is 0 Å². The molecule has 0 unspecified atom stereocenters. The molecule has 10 nitrogen and oxygen atoms in total. The molecule has 3 atom stereocenters. The first kappa shape index (κ1) is 29.1. The number of piperazine rings is 1. The average Bonchev–Trinajstić information content (AvgIpc) is 3.40. The van der Waals surface area contributed by atoms with Gasteiger partial charge in [-0.2, -0.15) is 9.97 Å². The second-order valence-electron chi connectivity index (χ2n) is 11.6. The summed E-state index contributed by atoms with van der Waals surface area (Å²) in [5, 5.41) is 2.22. The maximum absolute atomic E-state index is 14.4. The minimum Gasteiger partial charge on any atom is -0.462 e. The maximum atomic E-state index is 14.4. The lowest BCUT2D eigenvalue weighted by molar-refractivity contribution is -0.127. The second-order valence-corrected chi connectivity index (χ2v) is 12.0. The van der Waals surface area contributed by atoms with Gasteiger partial charge in [-0.05, 0) is 70.8 Å². The van der Waals surface area contributed by atoms with E-state index in [0.717, 1.165) is 30.2 Å². The molecular weight excluding hydrogens is 566 g/mol. The topological polar surface area (TPSA) is 96.7 Å². The van der Waals surface area contributed by atoms with Crippen LogP contribution in [0.3, 0.4) is 0 Å². The van der Waals surface area contributed by atoms with Crippen molar-refractivity contribution in [1.82, 2.24) is 29.3 Å². The van der Waals surface area contributed by atoms with Crippen LogP contribution in [0.2, 0.25) is 5.02 Å². The van der Waals surface area contributed by atoms with Crippen molar-refractivity contribution in [2.24, 2.45) is 0 Å². The second kappa shape index (κ2) is 11.6. The third-order valence-electron chi connectivity index (χ3n) is 8.65. The number of hydrogen-bond donors (Lipinski definition) is 0. The van der Waals surface area contributed by atoms with Crippen molar-refractivity contribution in [3.8, 4) is 11.7 Å². The van der Waals surface area contributed by atoms with E-state index >= 15 is 0 Å². The highest BCUT2D eigenvalue weighted by Gasteiger charge is 2.35. The summed E-state index contributed by atoms with van der Waals surface area (Å²) in [5.41, 5.74) is 0.867. The van der Waals surface area contributed by atoms with E-state index in [9.17, 15) is 9.59 Å². The fourth-order valence-electron chi connectivity index (χ4n) is 6.54. The van der Waals surface area contributed by atoms with Gasteiger partial charge in [-0.25, -0.2) is 4.98 Å². The van der Waals surface area contributed by atoms with Gasteiger partial charge in [0.05, 0.1) is 10.7 Å². The summed E-state index contributed by atoms with van der Waals surface area (Å²) in [7, 11) is 2.09. The Morgan fingerprint density at radius 2 is 1.81 bits per heavy atom. The lowest BCUT2D eigenvalue weighted by atomic mass is 10.1. The monoisotopic (exact) mass is 601 g/mol. The number of anilines is 1. The van der Waals surface area contributed by atoms with Gasteiger partial charge in [-0.3, -0.25) is 14.2 Å². The molecule has 0 saturated carbocycles. The van der Waals surface area contributed by atoms with Crippen LogP contribution in [0.25, 0.3) is 27.5 Å². The van der Waals surface area contributed by atoms with Crippen molar-refractivity contribution in [1.29, 1.82) is 0 Å². The van der Waals surface area contributed by atoms with E-state index < -0.39 is 0 Å². The highest BCUT2D eigenvalue weighted by molar-refractivity contribution is 6.36. The number of carbonyl (C=O) groups excluding carboxylic acids is 1. The average molecular weight is 602 g/mol. The molecule has 0 aliphatic carbocycles. The molecule has 224 valence electrons. The van der Waals surface area contributed by atoms with E-state index in [1.54, 1.807) is 16.4 Å². The molecule has 2 aliphatic rings. The largest absolute Gasteiger partial charge is 0.462 e. The first-order valence-electron chi connectivity index (χ1n) is 14.7. The summed E-state index contributed by atoms with van der Waals surface area (Å²) in [6.07, 6.45) is 3.48. The van der Waals surface area contributed by atoms with Crippen LogP contribution >= 0.6 is 11.6 Å². The molecule has 43 heavy (non-hydrogen) atoms. The van der Waals surface area contributed by atoms with E-state index in [1.165, 1.54) is 6.08 Å². The number of ether oxygens (including phenoxy) is 1. The number of likely N-dealkylation sites (N-methyl/N-ethyl adjacent to an activating group) is 1. The summed E-state index contributed by atoms with van der Waals surface area (Å²) in [6, 6.07) is 11.6. The Kier molecular flexibility index (Phi) is 7.83. The lowest BCUT2D eigenvalue weighted by Crippen LogP contribution is -2.58. The van der Waals surface area contributed by atoms with Crippen molar-refractivity contribution in [2.45, 2.75) is 51.7 Å². The van der Waals surface area contributed by atoms with Crippen molar-refractivity contribution in [2.75, 3.05) is 38.2 Å². The number of rotatable bonds is 6. The number of benzene rings is 2. The number of aromatic nitrogens is 4. The molecule has 4 aromatic rings. The molecule has 0 bridgehead atoms. The van der Waals surface area contributed by atoms with Crippen molar-refractivity contribution >= 4 is 45.1 Å². The summed E-state index contributed by atoms with van der Waals surface area (Å²) < 4.78 is 7.77. The molecular formula is C32H36ClN7O3. The number of halogens is 1. The van der Waals surface area contributed by atoms with Crippen LogP contribution in [0.1, 0.15) is 32.5 Å². The van der Waals surface area contributed by atoms with Gasteiger partial charge in [-0.15, -0.1) is 0 Å². The van der Waals surface area contributed by atoms with Gasteiger partial charge in [0.2, 0.25) is 5.91 Å². The zero-order chi connectivity index (χ0) is 30.4. The minimum atomic E-state index is -0.331.